The van der Waals surface area contributed by atoms with Crippen LogP contribution in [-0.2, 0) is 0 Å². The zero-order valence-electron chi connectivity index (χ0n) is 8.11. The lowest BCUT2D eigenvalue weighted by Gasteiger charge is -2.30. The molecule has 2 rings (SSSR count). The van der Waals surface area contributed by atoms with Crippen LogP contribution >= 0.6 is 0 Å². The quantitative estimate of drug-likeness (QED) is 0.538. The Kier molecular flexibility index (Phi) is 1.41. The van der Waals surface area contributed by atoms with Crippen LogP contribution in [0.5, 0.6) is 0 Å². The van der Waals surface area contributed by atoms with Gasteiger partial charge in [0.15, 0.2) is 0 Å². The average molecular weight is 152 g/mol. The minimum absolute atomic E-state index is 0.754. The Morgan fingerprint density at radius 2 is 1.55 bits per heavy atom. The van der Waals surface area contributed by atoms with Gasteiger partial charge in [0.1, 0.15) is 0 Å². The molecule has 2 bridgehead atoms. The summed E-state index contributed by atoms with van der Waals surface area (Å²) < 4.78 is 0. The summed E-state index contributed by atoms with van der Waals surface area (Å²) >= 11 is 0. The van der Waals surface area contributed by atoms with Crippen LogP contribution in [0.2, 0.25) is 0 Å². The highest BCUT2D eigenvalue weighted by Crippen LogP contribution is 2.64. The van der Waals surface area contributed by atoms with E-state index in [1.165, 1.54) is 32.1 Å². The zero-order chi connectivity index (χ0) is 8.11. The van der Waals surface area contributed by atoms with Crippen molar-refractivity contribution in [3.8, 4) is 0 Å². The molecule has 0 aliphatic heterocycles. The first-order valence-corrected chi connectivity index (χ1v) is 5.06. The van der Waals surface area contributed by atoms with E-state index in [0.717, 1.165) is 16.7 Å². The van der Waals surface area contributed by atoms with Gasteiger partial charge in [-0.25, -0.2) is 0 Å². The molecule has 0 aromatic carbocycles. The van der Waals surface area contributed by atoms with E-state index in [9.17, 15) is 0 Å². The number of rotatable bonds is 1. The van der Waals surface area contributed by atoms with Gasteiger partial charge in [0.05, 0.1) is 0 Å². The fourth-order valence-electron chi connectivity index (χ4n) is 3.34. The van der Waals surface area contributed by atoms with Crippen molar-refractivity contribution in [3.05, 3.63) is 0 Å². The molecule has 0 saturated heterocycles. The Balaban J connectivity index is 2.20. The van der Waals surface area contributed by atoms with Crippen LogP contribution < -0.4 is 0 Å². The molecule has 64 valence electrons. The summed E-state index contributed by atoms with van der Waals surface area (Å²) in [6, 6.07) is 0. The van der Waals surface area contributed by atoms with Gasteiger partial charge in [0, 0.05) is 0 Å². The number of fused-ring (bicyclic) bond motifs is 2. The third kappa shape index (κ3) is 0.947. The van der Waals surface area contributed by atoms with Crippen LogP contribution in [0.1, 0.15) is 52.9 Å². The van der Waals surface area contributed by atoms with Crippen LogP contribution in [0.4, 0.5) is 0 Å². The second kappa shape index (κ2) is 2.02. The van der Waals surface area contributed by atoms with E-state index in [4.69, 9.17) is 0 Å². The van der Waals surface area contributed by atoms with Gasteiger partial charge in [-0.15, -0.1) is 0 Å². The zero-order valence-corrected chi connectivity index (χ0v) is 8.11. The van der Waals surface area contributed by atoms with E-state index >= 15 is 0 Å². The topological polar surface area (TPSA) is 0 Å². The van der Waals surface area contributed by atoms with Crippen LogP contribution in [0, 0.1) is 16.7 Å². The molecule has 0 heterocycles. The highest BCUT2D eigenvalue weighted by atomic mass is 14.6. The van der Waals surface area contributed by atoms with Crippen molar-refractivity contribution in [3.63, 3.8) is 0 Å². The molecule has 0 N–H and O–H groups in total. The molecule has 0 amide bonds. The lowest BCUT2D eigenvalue weighted by molar-refractivity contribution is 0.199. The number of hydrogen-bond acceptors (Lipinski definition) is 0. The monoisotopic (exact) mass is 152 g/mol. The van der Waals surface area contributed by atoms with Gasteiger partial charge < -0.3 is 0 Å². The molecule has 0 heteroatoms. The van der Waals surface area contributed by atoms with Crippen LogP contribution in [0.15, 0.2) is 0 Å². The predicted octanol–water partition coefficient (Wildman–Crippen LogP) is 3.61. The lowest BCUT2D eigenvalue weighted by Crippen LogP contribution is -2.20. The van der Waals surface area contributed by atoms with Crippen LogP contribution in [-0.4, -0.2) is 0 Å². The van der Waals surface area contributed by atoms with E-state index in [0.29, 0.717) is 0 Å². The van der Waals surface area contributed by atoms with Crippen molar-refractivity contribution in [2.75, 3.05) is 0 Å². The third-order valence-electron chi connectivity index (χ3n) is 4.46. The molecular weight excluding hydrogens is 132 g/mol. The minimum atomic E-state index is 0.754. The molecule has 0 nitrogen and oxygen atoms in total. The molecule has 0 aromatic rings. The normalized spacial score (nSPS) is 49.1. The Bertz CT molecular complexity index is 159. The first-order valence-electron chi connectivity index (χ1n) is 5.06. The van der Waals surface area contributed by atoms with E-state index in [2.05, 4.69) is 20.8 Å². The molecule has 2 saturated carbocycles. The number of hydrogen-bond donors (Lipinski definition) is 0. The summed E-state index contributed by atoms with van der Waals surface area (Å²) in [7, 11) is 0. The smallest absolute Gasteiger partial charge is 0.0269 e. The van der Waals surface area contributed by atoms with Crippen molar-refractivity contribution in [2.45, 2.75) is 52.9 Å². The molecule has 0 spiro atoms. The van der Waals surface area contributed by atoms with Crippen molar-refractivity contribution in [1.29, 1.82) is 0 Å². The standard InChI is InChI=1S/C11H20/c1-9(2)11-6-4-10(3,8-11)5-7-11/h9H,4-8H2,1-3H3. The second-order valence-electron chi connectivity index (χ2n) is 5.50. The first-order chi connectivity index (χ1) is 5.06. The van der Waals surface area contributed by atoms with Crippen molar-refractivity contribution in [1.82, 2.24) is 0 Å². The summed E-state index contributed by atoms with van der Waals surface area (Å²) in [5.41, 5.74) is 1.53. The minimum Gasteiger partial charge on any atom is -0.0622 e. The maximum atomic E-state index is 2.49. The molecule has 2 aliphatic rings. The second-order valence-corrected chi connectivity index (χ2v) is 5.50. The SMILES string of the molecule is CC(C)C12CCC(C)(CC1)C2. The summed E-state index contributed by atoms with van der Waals surface area (Å²) in [5.74, 6) is 0.923. The molecule has 2 aliphatic carbocycles. The van der Waals surface area contributed by atoms with Crippen molar-refractivity contribution >= 4 is 0 Å². The Hall–Kier alpha value is 0. The van der Waals surface area contributed by atoms with Crippen LogP contribution in [0.3, 0.4) is 0 Å². The lowest BCUT2D eigenvalue weighted by atomic mass is 9.75. The largest absolute Gasteiger partial charge is 0.0622 e. The first kappa shape index (κ1) is 7.64. The van der Waals surface area contributed by atoms with Gasteiger partial charge in [-0.2, -0.15) is 0 Å². The highest BCUT2D eigenvalue weighted by molar-refractivity contribution is 5.03. The summed E-state index contributed by atoms with van der Waals surface area (Å²) in [6.07, 6.45) is 7.57. The average Bonchev–Trinajstić information content (AvgIpc) is 2.42. The van der Waals surface area contributed by atoms with Gasteiger partial charge >= 0.3 is 0 Å². The summed E-state index contributed by atoms with van der Waals surface area (Å²) in [6.45, 7) is 7.32. The van der Waals surface area contributed by atoms with Gasteiger partial charge in [-0.1, -0.05) is 20.8 Å². The summed E-state index contributed by atoms with van der Waals surface area (Å²) in [5, 5.41) is 0. The Morgan fingerprint density at radius 1 is 1.00 bits per heavy atom. The molecule has 2 fully saturated rings. The molecule has 0 unspecified atom stereocenters. The molecule has 0 aromatic heterocycles. The van der Waals surface area contributed by atoms with Gasteiger partial charge in [0.25, 0.3) is 0 Å². The van der Waals surface area contributed by atoms with Crippen molar-refractivity contribution in [2.24, 2.45) is 16.7 Å². The fraction of sp³-hybridized carbons (Fsp3) is 1.00. The molecule has 0 atom stereocenters. The predicted molar refractivity (Wildman–Crippen MR) is 48.5 cm³/mol. The molecule has 0 radical (unpaired) electrons. The Labute approximate surface area is 70.4 Å². The van der Waals surface area contributed by atoms with E-state index in [-0.39, 0.29) is 0 Å². The van der Waals surface area contributed by atoms with Gasteiger partial charge in [-0.3, -0.25) is 0 Å². The van der Waals surface area contributed by atoms with Gasteiger partial charge in [0.2, 0.25) is 0 Å². The summed E-state index contributed by atoms with van der Waals surface area (Å²) in [4.78, 5) is 0. The maximum absolute atomic E-state index is 2.49. The van der Waals surface area contributed by atoms with Crippen molar-refractivity contribution < 1.29 is 0 Å². The molecule has 11 heavy (non-hydrogen) atoms. The Morgan fingerprint density at radius 3 is 1.73 bits per heavy atom. The van der Waals surface area contributed by atoms with Crippen LogP contribution in [0.25, 0.3) is 0 Å². The van der Waals surface area contributed by atoms with E-state index in [1.54, 1.807) is 0 Å². The molecular formula is C11H20. The fourth-order valence-corrected chi connectivity index (χ4v) is 3.34. The van der Waals surface area contributed by atoms with E-state index < -0.39 is 0 Å². The highest BCUT2D eigenvalue weighted by Gasteiger charge is 2.52. The maximum Gasteiger partial charge on any atom is -0.0269 e. The van der Waals surface area contributed by atoms with E-state index in [1.807, 2.05) is 0 Å². The third-order valence-corrected chi connectivity index (χ3v) is 4.46. The van der Waals surface area contributed by atoms with Gasteiger partial charge in [-0.05, 0) is 48.9 Å².